The van der Waals surface area contributed by atoms with Gasteiger partial charge < -0.3 is 15.7 Å². The highest BCUT2D eigenvalue weighted by Crippen LogP contribution is 2.31. The zero-order valence-corrected chi connectivity index (χ0v) is 10.7. The van der Waals surface area contributed by atoms with E-state index in [0.29, 0.717) is 5.82 Å². The normalized spacial score (nSPS) is 11.2. The number of carbonyl (C=O) groups excluding carboxylic acids is 1. The van der Waals surface area contributed by atoms with E-state index in [-0.39, 0.29) is 17.8 Å². The Hall–Kier alpha value is -2.55. The number of aromatic amines is 1. The minimum absolute atomic E-state index is 0.0616. The van der Waals surface area contributed by atoms with Gasteiger partial charge in [-0.15, -0.1) is 0 Å². The fourth-order valence-electron chi connectivity index (χ4n) is 1.69. The Bertz CT molecular complexity index is 624. The second kappa shape index (κ2) is 5.83. The van der Waals surface area contributed by atoms with Gasteiger partial charge in [-0.3, -0.25) is 10.6 Å². The highest BCUT2D eigenvalue weighted by Gasteiger charge is 2.31. The quantitative estimate of drug-likeness (QED) is 0.510. The number of imidazole rings is 1. The SMILES string of the molecule is NNc1ccc(C(F)(F)F)cc1C(=O)NCc1ncc[nH]1. The van der Waals surface area contributed by atoms with Gasteiger partial charge in [0.1, 0.15) is 5.82 Å². The van der Waals surface area contributed by atoms with E-state index in [2.05, 4.69) is 20.7 Å². The van der Waals surface area contributed by atoms with Crippen molar-refractivity contribution in [3.05, 3.63) is 47.5 Å². The van der Waals surface area contributed by atoms with Crippen molar-refractivity contribution in [1.29, 1.82) is 0 Å². The highest BCUT2D eigenvalue weighted by atomic mass is 19.4. The number of alkyl halides is 3. The van der Waals surface area contributed by atoms with Gasteiger partial charge in [-0.25, -0.2) is 4.98 Å². The molecule has 0 saturated carbocycles. The maximum Gasteiger partial charge on any atom is 0.416 e. The molecule has 0 radical (unpaired) electrons. The third-order valence-electron chi connectivity index (χ3n) is 2.72. The topological polar surface area (TPSA) is 95.8 Å². The molecule has 6 nitrogen and oxygen atoms in total. The molecule has 1 aromatic heterocycles. The lowest BCUT2D eigenvalue weighted by Gasteiger charge is -2.13. The number of aromatic nitrogens is 2. The first kappa shape index (κ1) is 14.9. The van der Waals surface area contributed by atoms with E-state index in [1.54, 1.807) is 6.20 Å². The van der Waals surface area contributed by atoms with E-state index in [9.17, 15) is 18.0 Å². The van der Waals surface area contributed by atoms with Crippen molar-refractivity contribution >= 4 is 11.6 Å². The van der Waals surface area contributed by atoms with Gasteiger partial charge in [0.2, 0.25) is 0 Å². The highest BCUT2D eigenvalue weighted by molar-refractivity contribution is 5.99. The number of nitrogens with one attached hydrogen (secondary N) is 3. The Kier molecular flexibility index (Phi) is 4.13. The summed E-state index contributed by atoms with van der Waals surface area (Å²) in [6.45, 7) is 0.0616. The molecule has 9 heteroatoms. The number of carbonyl (C=O) groups is 1. The minimum Gasteiger partial charge on any atom is -0.347 e. The Labute approximate surface area is 117 Å². The molecule has 0 spiro atoms. The first-order chi connectivity index (χ1) is 9.91. The molecular formula is C12H12F3N5O. The molecule has 0 saturated heterocycles. The number of anilines is 1. The fourth-order valence-corrected chi connectivity index (χ4v) is 1.69. The number of nitrogen functional groups attached to an aromatic ring is 1. The number of halogens is 3. The Morgan fingerprint density at radius 2 is 2.14 bits per heavy atom. The summed E-state index contributed by atoms with van der Waals surface area (Å²) in [6.07, 6.45) is -1.47. The van der Waals surface area contributed by atoms with E-state index in [1.807, 2.05) is 0 Å². The molecule has 112 valence electrons. The van der Waals surface area contributed by atoms with Gasteiger partial charge in [0.25, 0.3) is 5.91 Å². The summed E-state index contributed by atoms with van der Waals surface area (Å²) in [4.78, 5) is 18.6. The van der Waals surface area contributed by atoms with E-state index < -0.39 is 17.6 Å². The van der Waals surface area contributed by atoms with E-state index in [0.717, 1.165) is 18.2 Å². The van der Waals surface area contributed by atoms with Gasteiger partial charge >= 0.3 is 6.18 Å². The number of rotatable bonds is 4. The van der Waals surface area contributed by atoms with Crippen LogP contribution in [0.25, 0.3) is 0 Å². The molecule has 0 aliphatic rings. The number of amides is 1. The fraction of sp³-hybridized carbons (Fsp3) is 0.167. The predicted molar refractivity (Wildman–Crippen MR) is 69.0 cm³/mol. The van der Waals surface area contributed by atoms with Gasteiger partial charge in [0.05, 0.1) is 23.4 Å². The number of hydrogen-bond donors (Lipinski definition) is 4. The van der Waals surface area contributed by atoms with Crippen molar-refractivity contribution in [3.8, 4) is 0 Å². The van der Waals surface area contributed by atoms with Crippen molar-refractivity contribution in [2.75, 3.05) is 5.43 Å². The molecular weight excluding hydrogens is 287 g/mol. The van der Waals surface area contributed by atoms with Crippen LogP contribution in [0.1, 0.15) is 21.7 Å². The molecule has 0 aliphatic heterocycles. The van der Waals surface area contributed by atoms with E-state index in [1.165, 1.54) is 6.20 Å². The second-order valence-electron chi connectivity index (χ2n) is 4.12. The molecule has 1 aromatic carbocycles. The van der Waals surface area contributed by atoms with Crippen LogP contribution in [0.2, 0.25) is 0 Å². The van der Waals surface area contributed by atoms with E-state index in [4.69, 9.17) is 5.84 Å². The average Bonchev–Trinajstić information content (AvgIpc) is 2.96. The summed E-state index contributed by atoms with van der Waals surface area (Å²) < 4.78 is 38.0. The van der Waals surface area contributed by atoms with Crippen molar-refractivity contribution in [1.82, 2.24) is 15.3 Å². The van der Waals surface area contributed by atoms with Crippen LogP contribution in [0, 0.1) is 0 Å². The molecule has 0 aliphatic carbocycles. The van der Waals surface area contributed by atoms with Gasteiger partial charge in [0.15, 0.2) is 0 Å². The van der Waals surface area contributed by atoms with Crippen LogP contribution in [0.15, 0.2) is 30.6 Å². The molecule has 21 heavy (non-hydrogen) atoms. The van der Waals surface area contributed by atoms with Crippen LogP contribution in [0.3, 0.4) is 0 Å². The maximum atomic E-state index is 12.7. The van der Waals surface area contributed by atoms with Crippen LogP contribution in [0.5, 0.6) is 0 Å². The molecule has 5 N–H and O–H groups in total. The maximum absolute atomic E-state index is 12.7. The number of H-pyrrole nitrogens is 1. The van der Waals surface area contributed by atoms with Gasteiger partial charge in [-0.05, 0) is 18.2 Å². The molecule has 2 aromatic rings. The molecule has 1 amide bonds. The van der Waals surface area contributed by atoms with Crippen LogP contribution in [0.4, 0.5) is 18.9 Å². The Balaban J connectivity index is 2.21. The summed E-state index contributed by atoms with van der Waals surface area (Å²) in [5, 5.41) is 2.46. The molecule has 2 rings (SSSR count). The van der Waals surface area contributed by atoms with Gasteiger partial charge in [0, 0.05) is 12.4 Å². The summed E-state index contributed by atoms with van der Waals surface area (Å²) in [5.74, 6) is 5.00. The molecule has 0 bridgehead atoms. The molecule has 0 atom stereocenters. The second-order valence-corrected chi connectivity index (χ2v) is 4.12. The summed E-state index contributed by atoms with van der Waals surface area (Å²) >= 11 is 0. The van der Waals surface area contributed by atoms with Crippen LogP contribution < -0.4 is 16.6 Å². The van der Waals surface area contributed by atoms with Gasteiger partial charge in [-0.1, -0.05) is 0 Å². The summed E-state index contributed by atoms with van der Waals surface area (Å²) in [6, 6.07) is 2.69. The van der Waals surface area contributed by atoms with E-state index >= 15 is 0 Å². The van der Waals surface area contributed by atoms with Crippen LogP contribution in [-0.2, 0) is 12.7 Å². The zero-order valence-electron chi connectivity index (χ0n) is 10.7. The number of benzene rings is 1. The van der Waals surface area contributed by atoms with Crippen molar-refractivity contribution < 1.29 is 18.0 Å². The standard InChI is InChI=1S/C12H12F3N5O/c13-12(14,15)7-1-2-9(20-16)8(5-7)11(21)19-6-10-17-3-4-18-10/h1-5,20H,6,16H2,(H,17,18)(H,19,21). The lowest BCUT2D eigenvalue weighted by atomic mass is 10.1. The summed E-state index contributed by atoms with van der Waals surface area (Å²) in [5.41, 5.74) is 1.17. The van der Waals surface area contributed by atoms with Crippen molar-refractivity contribution in [2.45, 2.75) is 12.7 Å². The Morgan fingerprint density at radius 1 is 1.38 bits per heavy atom. The number of hydrazine groups is 1. The number of nitrogens with two attached hydrogens (primary N) is 1. The molecule has 0 unspecified atom stereocenters. The van der Waals surface area contributed by atoms with Crippen LogP contribution in [-0.4, -0.2) is 15.9 Å². The lowest BCUT2D eigenvalue weighted by molar-refractivity contribution is -0.137. The Morgan fingerprint density at radius 3 is 2.71 bits per heavy atom. The third kappa shape index (κ3) is 3.51. The monoisotopic (exact) mass is 299 g/mol. The predicted octanol–water partition coefficient (Wildman–Crippen LogP) is 1.64. The summed E-state index contributed by atoms with van der Waals surface area (Å²) in [7, 11) is 0. The largest absolute Gasteiger partial charge is 0.416 e. The smallest absolute Gasteiger partial charge is 0.347 e. The van der Waals surface area contributed by atoms with Crippen LogP contribution >= 0.6 is 0 Å². The van der Waals surface area contributed by atoms with Crippen molar-refractivity contribution in [2.24, 2.45) is 5.84 Å². The number of hydrogen-bond acceptors (Lipinski definition) is 4. The minimum atomic E-state index is -4.54. The van der Waals surface area contributed by atoms with Crippen molar-refractivity contribution in [3.63, 3.8) is 0 Å². The van der Waals surface area contributed by atoms with Gasteiger partial charge in [-0.2, -0.15) is 13.2 Å². The number of nitrogens with zero attached hydrogens (tertiary/aromatic N) is 1. The first-order valence-corrected chi connectivity index (χ1v) is 5.86. The zero-order chi connectivity index (χ0) is 15.5. The molecule has 0 fully saturated rings. The molecule has 1 heterocycles. The third-order valence-corrected chi connectivity index (χ3v) is 2.72. The first-order valence-electron chi connectivity index (χ1n) is 5.86. The lowest BCUT2D eigenvalue weighted by Crippen LogP contribution is -2.26. The average molecular weight is 299 g/mol.